The highest BCUT2D eigenvalue weighted by Crippen LogP contribution is 2.28. The molecular formula is C14H31N3. The van der Waals surface area contributed by atoms with Gasteiger partial charge in [0.15, 0.2) is 0 Å². The first-order valence-electron chi connectivity index (χ1n) is 6.85. The molecule has 2 N–H and O–H groups in total. The Bertz CT molecular complexity index is 232. The maximum absolute atomic E-state index is 5.97. The maximum Gasteiger partial charge on any atom is 0.0254 e. The molecule has 3 atom stereocenters. The molecule has 3 unspecified atom stereocenters. The van der Waals surface area contributed by atoms with Gasteiger partial charge in [0.1, 0.15) is 0 Å². The number of likely N-dealkylation sites (N-methyl/N-ethyl adjacent to an activating group) is 1. The first-order valence-corrected chi connectivity index (χ1v) is 6.85. The molecule has 0 saturated carbocycles. The average molecular weight is 241 g/mol. The van der Waals surface area contributed by atoms with Gasteiger partial charge in [-0.2, -0.15) is 0 Å². The molecule has 0 bridgehead atoms. The van der Waals surface area contributed by atoms with Crippen LogP contribution in [0.2, 0.25) is 0 Å². The maximum atomic E-state index is 5.97. The second-order valence-electron chi connectivity index (χ2n) is 7.12. The topological polar surface area (TPSA) is 32.5 Å². The van der Waals surface area contributed by atoms with Gasteiger partial charge in [0.25, 0.3) is 0 Å². The van der Waals surface area contributed by atoms with Crippen molar-refractivity contribution in [2.45, 2.75) is 46.2 Å². The molecular weight excluding hydrogens is 210 g/mol. The van der Waals surface area contributed by atoms with Crippen molar-refractivity contribution in [2.75, 3.05) is 33.7 Å². The number of likely N-dealkylation sites (tertiary alicyclic amines) is 1. The molecule has 0 aromatic rings. The van der Waals surface area contributed by atoms with Crippen LogP contribution < -0.4 is 5.73 Å². The van der Waals surface area contributed by atoms with Crippen molar-refractivity contribution in [3.63, 3.8) is 0 Å². The lowest BCUT2D eigenvalue weighted by Gasteiger charge is -2.32. The van der Waals surface area contributed by atoms with E-state index >= 15 is 0 Å². The molecule has 102 valence electrons. The number of nitrogens with zero attached hydrogens (tertiary/aromatic N) is 2. The van der Waals surface area contributed by atoms with E-state index in [1.165, 1.54) is 19.5 Å². The fourth-order valence-electron chi connectivity index (χ4n) is 3.03. The number of hydrogen-bond donors (Lipinski definition) is 1. The SMILES string of the molecule is CC1CN(C(CN)CC(C)(C)C)CC1N(C)C. The summed E-state index contributed by atoms with van der Waals surface area (Å²) in [5.74, 6) is 0.749. The molecule has 1 aliphatic heterocycles. The van der Waals surface area contributed by atoms with Gasteiger partial charge in [-0.1, -0.05) is 27.7 Å². The van der Waals surface area contributed by atoms with Crippen LogP contribution in [-0.2, 0) is 0 Å². The Balaban J connectivity index is 2.61. The Kier molecular flexibility index (Phi) is 4.99. The normalized spacial score (nSPS) is 28.9. The lowest BCUT2D eigenvalue weighted by Crippen LogP contribution is -2.43. The van der Waals surface area contributed by atoms with Gasteiger partial charge in [0, 0.05) is 31.7 Å². The average Bonchev–Trinajstić information content (AvgIpc) is 2.55. The predicted octanol–water partition coefficient (Wildman–Crippen LogP) is 1.63. The van der Waals surface area contributed by atoms with Crippen LogP contribution in [0.15, 0.2) is 0 Å². The van der Waals surface area contributed by atoms with E-state index in [2.05, 4.69) is 51.6 Å². The molecule has 3 heteroatoms. The zero-order chi connectivity index (χ0) is 13.2. The van der Waals surface area contributed by atoms with Crippen molar-refractivity contribution in [1.29, 1.82) is 0 Å². The molecule has 0 spiro atoms. The first kappa shape index (κ1) is 14.9. The standard InChI is InChI=1S/C14H31N3/c1-11-9-17(10-13(11)16(5)6)12(8-15)7-14(2,3)4/h11-13H,7-10,15H2,1-6H3. The summed E-state index contributed by atoms with van der Waals surface area (Å²) >= 11 is 0. The molecule has 0 amide bonds. The van der Waals surface area contributed by atoms with Crippen molar-refractivity contribution in [3.8, 4) is 0 Å². The molecule has 3 nitrogen and oxygen atoms in total. The summed E-state index contributed by atoms with van der Waals surface area (Å²) in [4.78, 5) is 4.95. The molecule has 1 fully saturated rings. The lowest BCUT2D eigenvalue weighted by molar-refractivity contribution is 0.170. The minimum Gasteiger partial charge on any atom is -0.329 e. The van der Waals surface area contributed by atoms with E-state index in [0.29, 0.717) is 17.5 Å². The molecule has 1 aliphatic rings. The zero-order valence-electron chi connectivity index (χ0n) is 12.5. The smallest absolute Gasteiger partial charge is 0.0254 e. The van der Waals surface area contributed by atoms with E-state index < -0.39 is 0 Å². The molecule has 0 aliphatic carbocycles. The minimum atomic E-state index is 0.365. The highest BCUT2D eigenvalue weighted by Gasteiger charge is 2.35. The monoisotopic (exact) mass is 241 g/mol. The van der Waals surface area contributed by atoms with E-state index in [1.807, 2.05) is 0 Å². The Morgan fingerprint density at radius 2 is 1.88 bits per heavy atom. The van der Waals surface area contributed by atoms with E-state index in [1.54, 1.807) is 0 Å². The van der Waals surface area contributed by atoms with Crippen LogP contribution in [0.25, 0.3) is 0 Å². The van der Waals surface area contributed by atoms with Gasteiger partial charge in [-0.25, -0.2) is 0 Å². The zero-order valence-corrected chi connectivity index (χ0v) is 12.5. The van der Waals surface area contributed by atoms with Crippen LogP contribution in [0.5, 0.6) is 0 Å². The molecule has 0 radical (unpaired) electrons. The highest BCUT2D eigenvalue weighted by atomic mass is 15.3. The lowest BCUT2D eigenvalue weighted by atomic mass is 9.87. The van der Waals surface area contributed by atoms with Gasteiger partial charge in [-0.15, -0.1) is 0 Å². The van der Waals surface area contributed by atoms with E-state index in [9.17, 15) is 0 Å². The van der Waals surface area contributed by atoms with Crippen molar-refractivity contribution in [1.82, 2.24) is 9.80 Å². The Hall–Kier alpha value is -0.120. The quantitative estimate of drug-likeness (QED) is 0.812. The summed E-state index contributed by atoms with van der Waals surface area (Å²) in [6.45, 7) is 12.4. The number of hydrogen-bond acceptors (Lipinski definition) is 3. The Morgan fingerprint density at radius 1 is 1.29 bits per heavy atom. The second-order valence-corrected chi connectivity index (χ2v) is 7.12. The summed E-state index contributed by atoms with van der Waals surface area (Å²) in [5.41, 5.74) is 6.34. The Morgan fingerprint density at radius 3 is 2.24 bits per heavy atom. The predicted molar refractivity (Wildman–Crippen MR) is 75.1 cm³/mol. The number of rotatable bonds is 4. The van der Waals surface area contributed by atoms with Crippen molar-refractivity contribution in [3.05, 3.63) is 0 Å². The summed E-state index contributed by atoms with van der Waals surface area (Å²) in [6, 6.07) is 1.23. The largest absolute Gasteiger partial charge is 0.329 e. The van der Waals surface area contributed by atoms with Crippen LogP contribution in [0.4, 0.5) is 0 Å². The fourth-order valence-corrected chi connectivity index (χ4v) is 3.03. The minimum absolute atomic E-state index is 0.365. The summed E-state index contributed by atoms with van der Waals surface area (Å²) < 4.78 is 0. The van der Waals surface area contributed by atoms with Crippen LogP contribution >= 0.6 is 0 Å². The second kappa shape index (κ2) is 5.68. The summed E-state index contributed by atoms with van der Waals surface area (Å²) in [7, 11) is 4.37. The molecule has 0 aromatic heterocycles. The third-order valence-corrected chi connectivity index (χ3v) is 3.90. The van der Waals surface area contributed by atoms with Crippen LogP contribution in [0.1, 0.15) is 34.1 Å². The first-order chi connectivity index (χ1) is 7.74. The number of nitrogens with two attached hydrogens (primary N) is 1. The highest BCUT2D eigenvalue weighted by molar-refractivity contribution is 4.91. The van der Waals surface area contributed by atoms with E-state index in [-0.39, 0.29) is 0 Å². The van der Waals surface area contributed by atoms with Gasteiger partial charge >= 0.3 is 0 Å². The Labute approximate surface area is 107 Å². The van der Waals surface area contributed by atoms with Crippen LogP contribution in [0, 0.1) is 11.3 Å². The molecule has 1 rings (SSSR count). The van der Waals surface area contributed by atoms with Crippen LogP contribution in [0.3, 0.4) is 0 Å². The third kappa shape index (κ3) is 4.23. The van der Waals surface area contributed by atoms with E-state index in [4.69, 9.17) is 5.73 Å². The van der Waals surface area contributed by atoms with Crippen molar-refractivity contribution < 1.29 is 0 Å². The van der Waals surface area contributed by atoms with Crippen LogP contribution in [-0.4, -0.2) is 55.6 Å². The molecule has 1 saturated heterocycles. The van der Waals surface area contributed by atoms with Gasteiger partial charge in [-0.3, -0.25) is 4.90 Å². The molecule has 17 heavy (non-hydrogen) atoms. The third-order valence-electron chi connectivity index (χ3n) is 3.90. The molecule has 0 aromatic carbocycles. The van der Waals surface area contributed by atoms with Gasteiger partial charge in [-0.05, 0) is 31.8 Å². The van der Waals surface area contributed by atoms with Gasteiger partial charge in [0.05, 0.1) is 0 Å². The van der Waals surface area contributed by atoms with E-state index in [0.717, 1.165) is 12.5 Å². The summed E-state index contributed by atoms with van der Waals surface area (Å²) in [5, 5.41) is 0. The van der Waals surface area contributed by atoms with Gasteiger partial charge < -0.3 is 10.6 Å². The van der Waals surface area contributed by atoms with Crippen molar-refractivity contribution in [2.24, 2.45) is 17.1 Å². The fraction of sp³-hybridized carbons (Fsp3) is 1.00. The van der Waals surface area contributed by atoms with Crippen molar-refractivity contribution >= 4 is 0 Å². The summed E-state index contributed by atoms with van der Waals surface area (Å²) in [6.07, 6.45) is 1.19. The van der Waals surface area contributed by atoms with Gasteiger partial charge in [0.2, 0.25) is 0 Å². The molecule has 1 heterocycles.